The van der Waals surface area contributed by atoms with Crippen LogP contribution in [0.3, 0.4) is 0 Å². The highest BCUT2D eigenvalue weighted by Gasteiger charge is 2.44. The molecule has 1 fully saturated rings. The van der Waals surface area contributed by atoms with Gasteiger partial charge in [-0.3, -0.25) is 14.9 Å². The molecule has 3 N–H and O–H groups in total. The quantitative estimate of drug-likeness (QED) is 0.745. The Bertz CT molecular complexity index is 521. The van der Waals surface area contributed by atoms with Crippen LogP contribution in [0.15, 0.2) is 22.8 Å². The van der Waals surface area contributed by atoms with Gasteiger partial charge in [0.05, 0.1) is 25.0 Å². The lowest BCUT2D eigenvalue weighted by molar-refractivity contribution is -0.167. The molecule has 1 aromatic rings. The third kappa shape index (κ3) is 4.95. The van der Waals surface area contributed by atoms with E-state index in [-0.39, 0.29) is 18.2 Å². The maximum Gasteiger partial charge on any atom is 0.404 e. The first-order valence-electron chi connectivity index (χ1n) is 6.37. The normalized spacial score (nSPS) is 22.2. The molecule has 2 atom stereocenters. The summed E-state index contributed by atoms with van der Waals surface area (Å²) in [4.78, 5) is 22.9. The molecular formula is C12H14F3N3O3S. The number of carbonyl (C=O) groups excluding carboxylic acids is 2. The molecule has 122 valence electrons. The Kier molecular flexibility index (Phi) is 5.35. The minimum atomic E-state index is -4.50. The average Bonchev–Trinajstić information content (AvgIpc) is 2.94. The van der Waals surface area contributed by atoms with Crippen molar-refractivity contribution in [1.82, 2.24) is 16.0 Å². The summed E-state index contributed by atoms with van der Waals surface area (Å²) in [5, 5.41) is 7.18. The third-order valence-electron chi connectivity index (χ3n) is 2.85. The summed E-state index contributed by atoms with van der Waals surface area (Å²) in [6.07, 6.45) is -3.70. The van der Waals surface area contributed by atoms with Crippen molar-refractivity contribution >= 4 is 23.6 Å². The minimum absolute atomic E-state index is 0.0940. The van der Waals surface area contributed by atoms with E-state index < -0.39 is 30.0 Å². The lowest BCUT2D eigenvalue weighted by Gasteiger charge is -2.32. The number of furan rings is 1. The topological polar surface area (TPSA) is 83.4 Å². The van der Waals surface area contributed by atoms with Gasteiger partial charge in [0.1, 0.15) is 17.3 Å². The maximum atomic E-state index is 12.6. The highest BCUT2D eigenvalue weighted by molar-refractivity contribution is 8.00. The first-order valence-corrected chi connectivity index (χ1v) is 7.42. The van der Waals surface area contributed by atoms with E-state index in [2.05, 4.69) is 16.0 Å². The molecule has 22 heavy (non-hydrogen) atoms. The Morgan fingerprint density at radius 3 is 2.91 bits per heavy atom. The number of carbonyl (C=O) groups is 2. The van der Waals surface area contributed by atoms with E-state index in [1.807, 2.05) is 0 Å². The third-order valence-corrected chi connectivity index (χ3v) is 3.87. The second-order valence-electron chi connectivity index (χ2n) is 4.58. The second kappa shape index (κ2) is 7.05. The fourth-order valence-electron chi connectivity index (χ4n) is 1.78. The van der Waals surface area contributed by atoms with Crippen LogP contribution in [-0.4, -0.2) is 35.3 Å². The van der Waals surface area contributed by atoms with Crippen LogP contribution in [0.25, 0.3) is 0 Å². The molecule has 2 heterocycles. The summed E-state index contributed by atoms with van der Waals surface area (Å²) in [6, 6.07) is 1.46. The van der Waals surface area contributed by atoms with Gasteiger partial charge in [-0.2, -0.15) is 13.2 Å². The molecule has 0 saturated carbocycles. The largest absolute Gasteiger partial charge is 0.467 e. The van der Waals surface area contributed by atoms with Crippen molar-refractivity contribution in [3.63, 3.8) is 0 Å². The van der Waals surface area contributed by atoms with E-state index in [0.717, 1.165) is 11.8 Å². The highest BCUT2D eigenvalue weighted by atomic mass is 32.2. The molecule has 2 unspecified atom stereocenters. The molecule has 2 amide bonds. The summed E-state index contributed by atoms with van der Waals surface area (Å²) in [5.41, 5.74) is -0.956. The van der Waals surface area contributed by atoms with Crippen molar-refractivity contribution in [2.24, 2.45) is 0 Å². The Labute approximate surface area is 128 Å². The Morgan fingerprint density at radius 2 is 2.27 bits per heavy atom. The molecule has 0 spiro atoms. The van der Waals surface area contributed by atoms with E-state index in [0.29, 0.717) is 5.76 Å². The van der Waals surface area contributed by atoms with E-state index >= 15 is 0 Å². The lowest BCUT2D eigenvalue weighted by Crippen LogP contribution is -2.59. The van der Waals surface area contributed by atoms with Crippen molar-refractivity contribution in [1.29, 1.82) is 0 Å². The van der Waals surface area contributed by atoms with Gasteiger partial charge in [-0.15, -0.1) is 11.8 Å². The van der Waals surface area contributed by atoms with Gasteiger partial charge in [0, 0.05) is 0 Å². The number of thioether (sulfide) groups is 1. The number of amides is 2. The predicted molar refractivity (Wildman–Crippen MR) is 72.5 cm³/mol. The van der Waals surface area contributed by atoms with Gasteiger partial charge in [-0.05, 0) is 12.1 Å². The SMILES string of the molecule is O=C(CSC1NC(=O)CC(C(F)(F)F)N1)NCc1ccco1. The average molecular weight is 337 g/mol. The summed E-state index contributed by atoms with van der Waals surface area (Å²) >= 11 is 0.881. The lowest BCUT2D eigenvalue weighted by atomic mass is 10.1. The zero-order chi connectivity index (χ0) is 16.2. The first kappa shape index (κ1) is 16.7. The fraction of sp³-hybridized carbons (Fsp3) is 0.500. The van der Waals surface area contributed by atoms with Gasteiger partial charge >= 0.3 is 6.18 Å². The zero-order valence-electron chi connectivity index (χ0n) is 11.3. The number of hydrogen-bond donors (Lipinski definition) is 3. The summed E-state index contributed by atoms with van der Waals surface area (Å²) in [6.45, 7) is 0.196. The highest BCUT2D eigenvalue weighted by Crippen LogP contribution is 2.26. The van der Waals surface area contributed by atoms with Crippen molar-refractivity contribution in [3.05, 3.63) is 24.2 Å². The molecule has 1 saturated heterocycles. The van der Waals surface area contributed by atoms with Crippen LogP contribution in [0.5, 0.6) is 0 Å². The Balaban J connectivity index is 1.75. The molecule has 0 aliphatic carbocycles. The summed E-state index contributed by atoms with van der Waals surface area (Å²) < 4.78 is 42.9. The summed E-state index contributed by atoms with van der Waals surface area (Å²) in [5.74, 6) is -0.593. The smallest absolute Gasteiger partial charge is 0.404 e. The van der Waals surface area contributed by atoms with Crippen molar-refractivity contribution in [2.45, 2.75) is 30.7 Å². The van der Waals surface area contributed by atoms with Crippen LogP contribution in [-0.2, 0) is 16.1 Å². The number of nitrogens with one attached hydrogen (secondary N) is 3. The Hall–Kier alpha value is -1.68. The predicted octanol–water partition coefficient (Wildman–Crippen LogP) is 0.953. The Morgan fingerprint density at radius 1 is 1.50 bits per heavy atom. The van der Waals surface area contributed by atoms with Crippen molar-refractivity contribution in [2.75, 3.05) is 5.75 Å². The van der Waals surface area contributed by atoms with Crippen LogP contribution >= 0.6 is 11.8 Å². The van der Waals surface area contributed by atoms with Gasteiger partial charge in [0.25, 0.3) is 0 Å². The number of halogens is 3. The number of rotatable bonds is 5. The first-order chi connectivity index (χ1) is 10.3. The van der Waals surface area contributed by atoms with Crippen LogP contribution < -0.4 is 16.0 Å². The van der Waals surface area contributed by atoms with E-state index in [4.69, 9.17) is 4.42 Å². The molecule has 2 rings (SSSR count). The van der Waals surface area contributed by atoms with Gasteiger partial charge in [0.2, 0.25) is 11.8 Å². The molecule has 1 aromatic heterocycles. The van der Waals surface area contributed by atoms with E-state index in [1.165, 1.54) is 6.26 Å². The van der Waals surface area contributed by atoms with Gasteiger partial charge < -0.3 is 15.1 Å². The standard InChI is InChI=1S/C12H14F3N3O3S/c13-12(14,15)8-4-9(19)18-11(17-8)22-6-10(20)16-5-7-2-1-3-21-7/h1-3,8,11,17H,4-6H2,(H,16,20)(H,18,19). The molecule has 0 radical (unpaired) electrons. The number of alkyl halides is 3. The van der Waals surface area contributed by atoms with Crippen molar-refractivity contribution in [3.8, 4) is 0 Å². The van der Waals surface area contributed by atoms with Crippen molar-refractivity contribution < 1.29 is 27.2 Å². The van der Waals surface area contributed by atoms with Crippen LogP contribution in [0, 0.1) is 0 Å². The molecule has 1 aliphatic rings. The van der Waals surface area contributed by atoms with Crippen LogP contribution in [0.2, 0.25) is 0 Å². The second-order valence-corrected chi connectivity index (χ2v) is 5.67. The fourth-order valence-corrected chi connectivity index (χ4v) is 2.68. The summed E-state index contributed by atoms with van der Waals surface area (Å²) in [7, 11) is 0. The molecule has 1 aliphatic heterocycles. The van der Waals surface area contributed by atoms with Gasteiger partial charge in [-0.1, -0.05) is 0 Å². The van der Waals surface area contributed by atoms with Gasteiger partial charge in [-0.25, -0.2) is 0 Å². The molecule has 0 bridgehead atoms. The zero-order valence-corrected chi connectivity index (χ0v) is 12.1. The monoisotopic (exact) mass is 337 g/mol. The maximum absolute atomic E-state index is 12.6. The van der Waals surface area contributed by atoms with Crippen LogP contribution in [0.4, 0.5) is 13.2 Å². The van der Waals surface area contributed by atoms with E-state index in [1.54, 1.807) is 12.1 Å². The molecular weight excluding hydrogens is 323 g/mol. The molecule has 6 nitrogen and oxygen atoms in total. The van der Waals surface area contributed by atoms with Crippen LogP contribution in [0.1, 0.15) is 12.2 Å². The molecule has 0 aromatic carbocycles. The minimum Gasteiger partial charge on any atom is -0.467 e. The van der Waals surface area contributed by atoms with E-state index in [9.17, 15) is 22.8 Å². The molecule has 10 heteroatoms. The number of hydrogen-bond acceptors (Lipinski definition) is 5. The van der Waals surface area contributed by atoms with Gasteiger partial charge in [0.15, 0.2) is 0 Å².